The number of carbonyl (C=O) groups is 1. The van der Waals surface area contributed by atoms with Crippen LogP contribution >= 0.6 is 0 Å². The number of rotatable bonds is 8. The van der Waals surface area contributed by atoms with Gasteiger partial charge < -0.3 is 19.9 Å². The Labute approximate surface area is 243 Å². The molecule has 2 N–H and O–H groups in total. The molecule has 1 aliphatic carbocycles. The Kier molecular flexibility index (Phi) is 8.95. The topological polar surface area (TPSA) is 77.7 Å². The number of nitrogens with zero attached hydrogens (tertiary/aromatic N) is 2. The van der Waals surface area contributed by atoms with Crippen LogP contribution in [0.15, 0.2) is 47.3 Å². The fraction of sp³-hybridized carbons (Fsp3) is 0.471. The molecule has 1 aliphatic heterocycles. The summed E-state index contributed by atoms with van der Waals surface area (Å²) in [6.45, 7) is 11.7. The molecule has 0 bridgehead atoms. The number of nitrogens with one attached hydrogen (secondary N) is 2. The number of anilines is 1. The third kappa shape index (κ3) is 6.41. The Morgan fingerprint density at radius 2 is 1.73 bits per heavy atom. The average molecular weight is 557 g/mol. The van der Waals surface area contributed by atoms with Crippen molar-refractivity contribution in [2.45, 2.75) is 72.0 Å². The van der Waals surface area contributed by atoms with Crippen LogP contribution in [0.4, 0.5) is 5.69 Å². The first-order valence-corrected chi connectivity index (χ1v) is 15.0. The number of pyridine rings is 1. The van der Waals surface area contributed by atoms with Gasteiger partial charge in [0.2, 0.25) is 0 Å². The highest BCUT2D eigenvalue weighted by molar-refractivity contribution is 5.99. The van der Waals surface area contributed by atoms with Crippen LogP contribution in [0.2, 0.25) is 0 Å². The van der Waals surface area contributed by atoms with E-state index in [0.29, 0.717) is 23.2 Å². The summed E-state index contributed by atoms with van der Waals surface area (Å²) in [6.07, 6.45) is 4.83. The number of morpholine rings is 1. The summed E-state index contributed by atoms with van der Waals surface area (Å²) in [7, 11) is 2.16. The second-order valence-corrected chi connectivity index (χ2v) is 11.8. The molecule has 2 heterocycles. The first kappa shape index (κ1) is 29.1. The lowest BCUT2D eigenvalue weighted by Crippen LogP contribution is -2.37. The monoisotopic (exact) mass is 556 g/mol. The van der Waals surface area contributed by atoms with E-state index in [9.17, 15) is 9.59 Å². The van der Waals surface area contributed by atoms with Gasteiger partial charge in [-0.15, -0.1) is 0 Å². The summed E-state index contributed by atoms with van der Waals surface area (Å²) in [5.74, 6) is -0.164. The summed E-state index contributed by atoms with van der Waals surface area (Å²) in [4.78, 5) is 33.9. The van der Waals surface area contributed by atoms with Crippen molar-refractivity contribution < 1.29 is 9.53 Å². The minimum Gasteiger partial charge on any atom is -0.379 e. The van der Waals surface area contributed by atoms with Crippen LogP contribution in [0.5, 0.6) is 0 Å². The van der Waals surface area contributed by atoms with Gasteiger partial charge in [0.25, 0.3) is 11.5 Å². The second kappa shape index (κ2) is 12.6. The molecule has 1 aromatic heterocycles. The zero-order chi connectivity index (χ0) is 29.1. The van der Waals surface area contributed by atoms with Crippen LogP contribution in [-0.4, -0.2) is 55.2 Å². The number of ether oxygens (including phenoxy) is 1. The number of aromatic nitrogens is 1. The molecule has 2 aliphatic rings. The number of carbonyl (C=O) groups excluding carboxylic acids is 1. The smallest absolute Gasteiger partial charge is 0.253 e. The molecule has 7 nitrogen and oxygen atoms in total. The van der Waals surface area contributed by atoms with E-state index in [1.165, 1.54) is 31.2 Å². The molecule has 1 atom stereocenters. The van der Waals surface area contributed by atoms with E-state index in [4.69, 9.17) is 4.74 Å². The SMILES string of the molecule is Cc1cc(C)c(CNC(=O)c2cc(-c3ccc(C(C)N4CCOCC4)cc3)cc(N(C)C3CCCC3)c2C)c(=O)[nH]1. The number of H-pyrrole nitrogens is 1. The first-order chi connectivity index (χ1) is 19.7. The molecule has 2 aromatic carbocycles. The minimum atomic E-state index is -0.164. The predicted octanol–water partition coefficient (Wildman–Crippen LogP) is 5.67. The predicted molar refractivity (Wildman–Crippen MR) is 166 cm³/mol. The lowest BCUT2D eigenvalue weighted by molar-refractivity contribution is 0.0198. The van der Waals surface area contributed by atoms with E-state index in [0.717, 1.165) is 59.9 Å². The normalized spacial score (nSPS) is 17.0. The van der Waals surface area contributed by atoms with Crippen molar-refractivity contribution in [1.82, 2.24) is 15.2 Å². The number of amides is 1. The zero-order valence-corrected chi connectivity index (χ0v) is 25.2. The summed E-state index contributed by atoms with van der Waals surface area (Å²) < 4.78 is 5.53. The van der Waals surface area contributed by atoms with Gasteiger partial charge in [0.1, 0.15) is 0 Å². The maximum Gasteiger partial charge on any atom is 0.253 e. The Bertz CT molecular complexity index is 1430. The van der Waals surface area contributed by atoms with Gasteiger partial charge in [-0.2, -0.15) is 0 Å². The van der Waals surface area contributed by atoms with E-state index < -0.39 is 0 Å². The van der Waals surface area contributed by atoms with Gasteiger partial charge in [0.15, 0.2) is 0 Å². The van der Waals surface area contributed by atoms with Crippen LogP contribution in [0.25, 0.3) is 11.1 Å². The molecule has 7 heteroatoms. The fourth-order valence-electron chi connectivity index (χ4n) is 6.45. The highest BCUT2D eigenvalue weighted by atomic mass is 16.5. The number of benzene rings is 2. The lowest BCUT2D eigenvalue weighted by Gasteiger charge is -2.32. The van der Waals surface area contributed by atoms with E-state index in [-0.39, 0.29) is 18.0 Å². The molecule has 0 radical (unpaired) electrons. The van der Waals surface area contributed by atoms with Crippen LogP contribution in [-0.2, 0) is 11.3 Å². The number of hydrogen-bond donors (Lipinski definition) is 2. The van der Waals surface area contributed by atoms with Gasteiger partial charge >= 0.3 is 0 Å². The van der Waals surface area contributed by atoms with E-state index in [1.54, 1.807) is 0 Å². The number of hydrogen-bond acceptors (Lipinski definition) is 5. The molecule has 41 heavy (non-hydrogen) atoms. The molecule has 1 saturated heterocycles. The maximum absolute atomic E-state index is 13.7. The summed E-state index contributed by atoms with van der Waals surface area (Å²) >= 11 is 0. The standard InChI is InChI=1S/C34H44N4O3/c1-22-18-23(2)36-34(40)31(22)21-35-33(39)30-19-28(20-32(24(30)3)37(5)29-8-6-7-9-29)27-12-10-26(11-13-27)25(4)38-14-16-41-17-15-38/h10-13,18-20,25,29H,6-9,14-17,21H2,1-5H3,(H,35,39)(H,36,40). The van der Waals surface area contributed by atoms with Gasteiger partial charge in [0.05, 0.1) is 13.2 Å². The molecule has 5 rings (SSSR count). The van der Waals surface area contributed by atoms with E-state index >= 15 is 0 Å². The summed E-state index contributed by atoms with van der Waals surface area (Å²) in [5, 5.41) is 3.04. The highest BCUT2D eigenvalue weighted by Crippen LogP contribution is 2.35. The number of aryl methyl sites for hydroxylation is 2. The minimum absolute atomic E-state index is 0.152. The van der Waals surface area contributed by atoms with Gasteiger partial charge in [-0.25, -0.2) is 0 Å². The summed E-state index contributed by atoms with van der Waals surface area (Å²) in [5.41, 5.74) is 8.23. The van der Waals surface area contributed by atoms with E-state index in [1.807, 2.05) is 32.9 Å². The summed E-state index contributed by atoms with van der Waals surface area (Å²) in [6, 6.07) is 15.7. The van der Waals surface area contributed by atoms with Crippen molar-refractivity contribution in [2.75, 3.05) is 38.3 Å². The molecule has 1 unspecified atom stereocenters. The Hall–Kier alpha value is -3.42. The highest BCUT2D eigenvalue weighted by Gasteiger charge is 2.24. The molecule has 1 amide bonds. The maximum atomic E-state index is 13.7. The van der Waals surface area contributed by atoms with Crippen molar-refractivity contribution >= 4 is 11.6 Å². The van der Waals surface area contributed by atoms with Crippen LogP contribution in [0, 0.1) is 20.8 Å². The third-order valence-corrected chi connectivity index (χ3v) is 9.12. The van der Waals surface area contributed by atoms with Crippen LogP contribution < -0.4 is 15.8 Å². The quantitative estimate of drug-likeness (QED) is 0.374. The largest absolute Gasteiger partial charge is 0.379 e. The fourth-order valence-corrected chi connectivity index (χ4v) is 6.45. The molecule has 0 spiro atoms. The lowest BCUT2D eigenvalue weighted by atomic mass is 9.94. The van der Waals surface area contributed by atoms with Crippen molar-refractivity contribution in [3.63, 3.8) is 0 Å². The molecule has 3 aromatic rings. The van der Waals surface area contributed by atoms with Gasteiger partial charge in [0, 0.05) is 61.3 Å². The third-order valence-electron chi connectivity index (χ3n) is 9.12. The van der Waals surface area contributed by atoms with Crippen LogP contribution in [0.1, 0.15) is 77.0 Å². The molecular formula is C34H44N4O3. The Morgan fingerprint density at radius 1 is 1.05 bits per heavy atom. The molecular weight excluding hydrogens is 512 g/mol. The molecule has 218 valence electrons. The molecule has 2 fully saturated rings. The second-order valence-electron chi connectivity index (χ2n) is 11.8. The van der Waals surface area contributed by atoms with Crippen molar-refractivity contribution in [2.24, 2.45) is 0 Å². The van der Waals surface area contributed by atoms with Crippen LogP contribution in [0.3, 0.4) is 0 Å². The average Bonchev–Trinajstić information content (AvgIpc) is 3.52. The Morgan fingerprint density at radius 3 is 2.39 bits per heavy atom. The van der Waals surface area contributed by atoms with Gasteiger partial charge in [-0.05, 0) is 86.6 Å². The number of aromatic amines is 1. The Balaban J connectivity index is 1.45. The van der Waals surface area contributed by atoms with Crippen molar-refractivity contribution in [1.29, 1.82) is 0 Å². The zero-order valence-electron chi connectivity index (χ0n) is 25.2. The van der Waals surface area contributed by atoms with Gasteiger partial charge in [-0.3, -0.25) is 14.5 Å². The molecule has 1 saturated carbocycles. The first-order valence-electron chi connectivity index (χ1n) is 15.0. The van der Waals surface area contributed by atoms with E-state index in [2.05, 4.69) is 64.4 Å². The van der Waals surface area contributed by atoms with Crippen molar-refractivity contribution in [3.8, 4) is 11.1 Å². The van der Waals surface area contributed by atoms with Gasteiger partial charge in [-0.1, -0.05) is 37.1 Å². The van der Waals surface area contributed by atoms with Crippen molar-refractivity contribution in [3.05, 3.63) is 86.3 Å².